The molecule has 0 aromatic heterocycles. The van der Waals surface area contributed by atoms with Crippen LogP contribution < -0.4 is 9.47 Å². The molecule has 4 heteroatoms. The van der Waals surface area contributed by atoms with E-state index < -0.39 is 0 Å². The standard InChI is InChI=1S/C11H16O4/c1-12-9-4-6-10(7-5-9)15-8-11(13-2)14-3/h4-7,11H,8H2,1-3H3. The van der Waals surface area contributed by atoms with Crippen LogP contribution in [0.2, 0.25) is 0 Å². The van der Waals surface area contributed by atoms with Crippen molar-refractivity contribution in [1.82, 2.24) is 0 Å². The van der Waals surface area contributed by atoms with Crippen molar-refractivity contribution < 1.29 is 18.9 Å². The second-order valence-electron chi connectivity index (χ2n) is 2.89. The summed E-state index contributed by atoms with van der Waals surface area (Å²) in [7, 11) is 4.78. The third-order valence-corrected chi connectivity index (χ3v) is 1.97. The van der Waals surface area contributed by atoms with E-state index in [0.29, 0.717) is 6.61 Å². The molecule has 0 aliphatic carbocycles. The van der Waals surface area contributed by atoms with Crippen molar-refractivity contribution in [3.63, 3.8) is 0 Å². The van der Waals surface area contributed by atoms with E-state index in [0.717, 1.165) is 11.5 Å². The first-order valence-electron chi connectivity index (χ1n) is 4.62. The van der Waals surface area contributed by atoms with Crippen molar-refractivity contribution in [3.8, 4) is 11.5 Å². The molecule has 0 atom stereocenters. The maximum Gasteiger partial charge on any atom is 0.191 e. The van der Waals surface area contributed by atoms with Crippen LogP contribution >= 0.6 is 0 Å². The van der Waals surface area contributed by atoms with Crippen LogP contribution in [0.25, 0.3) is 0 Å². The van der Waals surface area contributed by atoms with Crippen molar-refractivity contribution in [2.45, 2.75) is 6.29 Å². The molecule has 0 saturated carbocycles. The van der Waals surface area contributed by atoms with Gasteiger partial charge in [-0.2, -0.15) is 0 Å². The summed E-state index contributed by atoms with van der Waals surface area (Å²) in [5.74, 6) is 1.56. The predicted molar refractivity (Wildman–Crippen MR) is 56.3 cm³/mol. The zero-order valence-corrected chi connectivity index (χ0v) is 9.23. The number of hydrogen-bond acceptors (Lipinski definition) is 4. The highest BCUT2D eigenvalue weighted by Crippen LogP contribution is 2.17. The molecular formula is C11H16O4. The number of hydrogen-bond donors (Lipinski definition) is 0. The van der Waals surface area contributed by atoms with Crippen LogP contribution in [0.5, 0.6) is 11.5 Å². The van der Waals surface area contributed by atoms with Crippen LogP contribution in [0, 0.1) is 0 Å². The van der Waals surface area contributed by atoms with E-state index in [4.69, 9.17) is 18.9 Å². The normalized spacial score (nSPS) is 10.4. The second kappa shape index (κ2) is 6.27. The Kier molecular flexibility index (Phi) is 4.93. The van der Waals surface area contributed by atoms with E-state index in [-0.39, 0.29) is 6.29 Å². The highest BCUT2D eigenvalue weighted by molar-refractivity contribution is 5.31. The lowest BCUT2D eigenvalue weighted by Crippen LogP contribution is -2.21. The lowest BCUT2D eigenvalue weighted by Gasteiger charge is -2.14. The van der Waals surface area contributed by atoms with E-state index >= 15 is 0 Å². The van der Waals surface area contributed by atoms with Crippen LogP contribution in [0.15, 0.2) is 24.3 Å². The molecule has 1 rings (SSSR count). The Labute approximate surface area is 89.7 Å². The van der Waals surface area contributed by atoms with Crippen molar-refractivity contribution in [2.75, 3.05) is 27.9 Å². The molecule has 0 amide bonds. The Balaban J connectivity index is 2.43. The van der Waals surface area contributed by atoms with Gasteiger partial charge in [-0.15, -0.1) is 0 Å². The highest BCUT2D eigenvalue weighted by atomic mass is 16.7. The Bertz CT molecular complexity index is 266. The molecule has 0 heterocycles. The number of rotatable bonds is 6. The third-order valence-electron chi connectivity index (χ3n) is 1.97. The SMILES string of the molecule is COc1ccc(OCC(OC)OC)cc1. The molecule has 0 fully saturated rings. The maximum absolute atomic E-state index is 5.44. The monoisotopic (exact) mass is 212 g/mol. The lowest BCUT2D eigenvalue weighted by molar-refractivity contribution is -0.121. The fraction of sp³-hybridized carbons (Fsp3) is 0.455. The quantitative estimate of drug-likeness (QED) is 0.672. The van der Waals surface area contributed by atoms with Gasteiger partial charge >= 0.3 is 0 Å². The number of methoxy groups -OCH3 is 3. The summed E-state index contributed by atoms with van der Waals surface area (Å²) >= 11 is 0. The number of ether oxygens (including phenoxy) is 4. The van der Waals surface area contributed by atoms with E-state index in [1.165, 1.54) is 0 Å². The lowest BCUT2D eigenvalue weighted by atomic mass is 10.3. The Morgan fingerprint density at radius 2 is 1.47 bits per heavy atom. The molecule has 0 aliphatic rings. The minimum atomic E-state index is -0.341. The van der Waals surface area contributed by atoms with Crippen LogP contribution in [0.4, 0.5) is 0 Å². The highest BCUT2D eigenvalue weighted by Gasteiger charge is 2.05. The van der Waals surface area contributed by atoms with Gasteiger partial charge in [0.05, 0.1) is 7.11 Å². The average molecular weight is 212 g/mol. The van der Waals surface area contributed by atoms with Crippen LogP contribution in [0.1, 0.15) is 0 Å². The Morgan fingerprint density at radius 1 is 0.933 bits per heavy atom. The minimum Gasteiger partial charge on any atom is -0.497 e. The third kappa shape index (κ3) is 3.77. The van der Waals surface area contributed by atoms with Crippen LogP contribution in [-0.2, 0) is 9.47 Å². The van der Waals surface area contributed by atoms with E-state index in [2.05, 4.69) is 0 Å². The largest absolute Gasteiger partial charge is 0.497 e. The Hall–Kier alpha value is -1.26. The molecule has 84 valence electrons. The minimum absolute atomic E-state index is 0.341. The molecule has 1 aromatic carbocycles. The van der Waals surface area contributed by atoms with Gasteiger partial charge in [-0.05, 0) is 24.3 Å². The van der Waals surface area contributed by atoms with Gasteiger partial charge in [-0.1, -0.05) is 0 Å². The summed E-state index contributed by atoms with van der Waals surface area (Å²) in [5.41, 5.74) is 0. The predicted octanol–water partition coefficient (Wildman–Crippen LogP) is 1.69. The van der Waals surface area contributed by atoms with Crippen molar-refractivity contribution in [2.24, 2.45) is 0 Å². The molecule has 0 aliphatic heterocycles. The van der Waals surface area contributed by atoms with Crippen molar-refractivity contribution in [3.05, 3.63) is 24.3 Å². The van der Waals surface area contributed by atoms with E-state index in [9.17, 15) is 0 Å². The van der Waals surface area contributed by atoms with E-state index in [1.807, 2.05) is 24.3 Å². The van der Waals surface area contributed by atoms with Gasteiger partial charge < -0.3 is 18.9 Å². The summed E-state index contributed by atoms with van der Waals surface area (Å²) in [6.45, 7) is 0.360. The summed E-state index contributed by atoms with van der Waals surface area (Å²) in [6, 6.07) is 7.34. The first-order chi connectivity index (χ1) is 7.30. The maximum atomic E-state index is 5.44. The smallest absolute Gasteiger partial charge is 0.191 e. The van der Waals surface area contributed by atoms with Crippen LogP contribution in [-0.4, -0.2) is 34.2 Å². The molecule has 0 radical (unpaired) electrons. The van der Waals surface area contributed by atoms with Gasteiger partial charge in [0.2, 0.25) is 0 Å². The molecule has 4 nitrogen and oxygen atoms in total. The summed E-state index contributed by atoms with van der Waals surface area (Å²) in [5, 5.41) is 0. The molecule has 0 unspecified atom stereocenters. The average Bonchev–Trinajstić information content (AvgIpc) is 2.31. The second-order valence-corrected chi connectivity index (χ2v) is 2.89. The van der Waals surface area contributed by atoms with Crippen molar-refractivity contribution >= 4 is 0 Å². The molecule has 1 aromatic rings. The van der Waals surface area contributed by atoms with Gasteiger partial charge in [-0.3, -0.25) is 0 Å². The van der Waals surface area contributed by atoms with Crippen molar-refractivity contribution in [1.29, 1.82) is 0 Å². The van der Waals surface area contributed by atoms with Gasteiger partial charge in [0.1, 0.15) is 18.1 Å². The summed E-state index contributed by atoms with van der Waals surface area (Å²) in [4.78, 5) is 0. The zero-order chi connectivity index (χ0) is 11.1. The van der Waals surface area contributed by atoms with Gasteiger partial charge in [0.25, 0.3) is 0 Å². The molecule has 0 bridgehead atoms. The summed E-state index contributed by atoms with van der Waals surface area (Å²) < 4.78 is 20.5. The first-order valence-corrected chi connectivity index (χ1v) is 4.62. The zero-order valence-electron chi connectivity index (χ0n) is 9.23. The molecule has 0 N–H and O–H groups in total. The Morgan fingerprint density at radius 3 is 1.93 bits per heavy atom. The topological polar surface area (TPSA) is 36.9 Å². The van der Waals surface area contributed by atoms with Crippen LogP contribution in [0.3, 0.4) is 0 Å². The molecule has 15 heavy (non-hydrogen) atoms. The fourth-order valence-corrected chi connectivity index (χ4v) is 1.07. The van der Waals surface area contributed by atoms with Gasteiger partial charge in [0.15, 0.2) is 6.29 Å². The summed E-state index contributed by atoms with van der Waals surface area (Å²) in [6.07, 6.45) is -0.341. The number of benzene rings is 1. The van der Waals surface area contributed by atoms with Gasteiger partial charge in [0, 0.05) is 14.2 Å². The fourth-order valence-electron chi connectivity index (χ4n) is 1.07. The van der Waals surface area contributed by atoms with Gasteiger partial charge in [-0.25, -0.2) is 0 Å². The molecule has 0 saturated heterocycles. The molecular weight excluding hydrogens is 196 g/mol. The van der Waals surface area contributed by atoms with E-state index in [1.54, 1.807) is 21.3 Å². The molecule has 0 spiro atoms. The first kappa shape index (κ1) is 11.8.